The van der Waals surface area contributed by atoms with Gasteiger partial charge in [-0.1, -0.05) is 11.6 Å². The lowest BCUT2D eigenvalue weighted by atomic mass is 9.90. The zero-order valence-electron chi connectivity index (χ0n) is 19.1. The number of benzene rings is 1. The number of hydrogen-bond donors (Lipinski definition) is 2. The predicted molar refractivity (Wildman–Crippen MR) is 124 cm³/mol. The molecule has 2 aliphatic rings. The molecule has 4 heterocycles. The van der Waals surface area contributed by atoms with E-state index in [1.54, 1.807) is 12.4 Å². The first-order valence-electron chi connectivity index (χ1n) is 11.4. The molecule has 1 atom stereocenters. The zero-order chi connectivity index (χ0) is 23.0. The minimum absolute atomic E-state index is 0.210. The molecule has 0 radical (unpaired) electrons. The lowest BCUT2D eigenvalue weighted by molar-refractivity contribution is 0.0232. The van der Waals surface area contributed by atoms with Crippen LogP contribution in [0.2, 0.25) is 0 Å². The summed E-state index contributed by atoms with van der Waals surface area (Å²) in [6.45, 7) is 4.94. The van der Waals surface area contributed by atoms with Crippen molar-refractivity contribution in [3.63, 3.8) is 0 Å². The molecule has 3 N–H and O–H groups in total. The molecule has 3 aromatic rings. The number of aryl methyl sites for hydroxylation is 1. The van der Waals surface area contributed by atoms with Gasteiger partial charge in [-0.3, -0.25) is 4.68 Å². The van der Waals surface area contributed by atoms with E-state index in [0.717, 1.165) is 42.6 Å². The van der Waals surface area contributed by atoms with Gasteiger partial charge in [-0.2, -0.15) is 5.10 Å². The second-order valence-corrected chi connectivity index (χ2v) is 9.16. The molecule has 9 nitrogen and oxygen atoms in total. The van der Waals surface area contributed by atoms with Crippen molar-refractivity contribution in [2.24, 2.45) is 0 Å². The maximum Gasteiger partial charge on any atom is 0.263 e. The Morgan fingerprint density at radius 3 is 2.79 bits per heavy atom. The summed E-state index contributed by atoms with van der Waals surface area (Å²) in [5.41, 5.74) is 8.38. The Morgan fingerprint density at radius 1 is 1.21 bits per heavy atom. The molecule has 1 aromatic carbocycles. The van der Waals surface area contributed by atoms with E-state index in [0.29, 0.717) is 37.1 Å². The lowest BCUT2D eigenvalue weighted by Gasteiger charge is -2.28. The average molecular weight is 451 g/mol. The highest BCUT2D eigenvalue weighted by molar-refractivity contribution is 5.63. The van der Waals surface area contributed by atoms with E-state index >= 15 is 0 Å². The summed E-state index contributed by atoms with van der Waals surface area (Å²) in [4.78, 5) is 11.3. The standard InChI is InChI=1S/C24H30N6O3/c1-16-9-17(11-18(10-16)24(31)5-8-32-15-24)21-13-26-22(25)23(28-21)33-20-12-27-30(14-20)19-3-6-29(2)7-4-19/h9-14,19,31H,3-8,15H2,1-2H3,(H2,25,26)/t24-/m0/s1. The van der Waals surface area contributed by atoms with Crippen molar-refractivity contribution in [1.29, 1.82) is 0 Å². The van der Waals surface area contributed by atoms with Crippen LogP contribution in [0.3, 0.4) is 0 Å². The van der Waals surface area contributed by atoms with Crippen molar-refractivity contribution in [2.75, 3.05) is 39.1 Å². The summed E-state index contributed by atoms with van der Waals surface area (Å²) in [5, 5.41) is 15.4. The Labute approximate surface area is 193 Å². The van der Waals surface area contributed by atoms with Gasteiger partial charge in [0, 0.05) is 18.6 Å². The molecule has 2 aromatic heterocycles. The Kier molecular flexibility index (Phi) is 5.77. The molecule has 0 saturated carbocycles. The topological polar surface area (TPSA) is 112 Å². The maximum atomic E-state index is 11.0. The van der Waals surface area contributed by atoms with E-state index in [4.69, 9.17) is 15.2 Å². The van der Waals surface area contributed by atoms with Gasteiger partial charge in [0.15, 0.2) is 11.6 Å². The number of nitrogen functional groups attached to an aromatic ring is 1. The van der Waals surface area contributed by atoms with Crippen molar-refractivity contribution in [3.05, 3.63) is 47.9 Å². The van der Waals surface area contributed by atoms with Gasteiger partial charge in [0.1, 0.15) is 5.60 Å². The Bertz CT molecular complexity index is 1130. The van der Waals surface area contributed by atoms with Gasteiger partial charge in [0.25, 0.3) is 5.88 Å². The first kappa shape index (κ1) is 21.8. The van der Waals surface area contributed by atoms with Gasteiger partial charge < -0.3 is 25.2 Å². The molecule has 2 aliphatic heterocycles. The number of aromatic nitrogens is 4. The first-order chi connectivity index (χ1) is 15.9. The van der Waals surface area contributed by atoms with Gasteiger partial charge in [0.05, 0.1) is 36.9 Å². The second kappa shape index (κ2) is 8.74. The summed E-state index contributed by atoms with van der Waals surface area (Å²) in [6, 6.07) is 6.29. The Hall–Kier alpha value is -3.01. The maximum absolute atomic E-state index is 11.0. The number of rotatable bonds is 5. The van der Waals surface area contributed by atoms with Gasteiger partial charge in [-0.15, -0.1) is 0 Å². The van der Waals surface area contributed by atoms with E-state index in [-0.39, 0.29) is 11.7 Å². The van der Waals surface area contributed by atoms with Crippen molar-refractivity contribution in [3.8, 4) is 22.9 Å². The number of ether oxygens (including phenoxy) is 2. The minimum Gasteiger partial charge on any atom is -0.433 e. The van der Waals surface area contributed by atoms with Crippen LogP contribution in [0.4, 0.5) is 5.82 Å². The third-order valence-electron chi connectivity index (χ3n) is 6.53. The molecule has 5 rings (SSSR count). The van der Waals surface area contributed by atoms with E-state index in [9.17, 15) is 5.11 Å². The molecule has 0 unspecified atom stereocenters. The van der Waals surface area contributed by atoms with E-state index < -0.39 is 5.60 Å². The highest BCUT2D eigenvalue weighted by Crippen LogP contribution is 2.34. The fourth-order valence-electron chi connectivity index (χ4n) is 4.52. The van der Waals surface area contributed by atoms with Crippen LogP contribution in [0.15, 0.2) is 36.8 Å². The van der Waals surface area contributed by atoms with Gasteiger partial charge in [-0.25, -0.2) is 9.97 Å². The first-order valence-corrected chi connectivity index (χ1v) is 11.4. The highest BCUT2D eigenvalue weighted by Gasteiger charge is 2.34. The van der Waals surface area contributed by atoms with Crippen LogP contribution in [0.25, 0.3) is 11.3 Å². The average Bonchev–Trinajstić information content (AvgIpc) is 3.45. The van der Waals surface area contributed by atoms with Crippen LogP contribution in [0.5, 0.6) is 11.6 Å². The summed E-state index contributed by atoms with van der Waals surface area (Å²) in [5.74, 6) is 1.03. The number of aliphatic hydroxyl groups is 1. The minimum atomic E-state index is -0.982. The molecule has 33 heavy (non-hydrogen) atoms. The fourth-order valence-corrected chi connectivity index (χ4v) is 4.52. The van der Waals surface area contributed by atoms with Crippen LogP contribution < -0.4 is 10.5 Å². The van der Waals surface area contributed by atoms with E-state index in [2.05, 4.69) is 27.0 Å². The summed E-state index contributed by atoms with van der Waals surface area (Å²) < 4.78 is 13.4. The van der Waals surface area contributed by atoms with Crippen molar-refractivity contribution < 1.29 is 14.6 Å². The Morgan fingerprint density at radius 2 is 2.03 bits per heavy atom. The van der Waals surface area contributed by atoms with Crippen LogP contribution in [0, 0.1) is 6.92 Å². The van der Waals surface area contributed by atoms with Gasteiger partial charge in [-0.05, 0) is 57.6 Å². The van der Waals surface area contributed by atoms with Gasteiger partial charge in [0.2, 0.25) is 0 Å². The van der Waals surface area contributed by atoms with Crippen LogP contribution in [0.1, 0.15) is 36.4 Å². The Balaban J connectivity index is 1.39. The third-order valence-corrected chi connectivity index (χ3v) is 6.53. The third kappa shape index (κ3) is 4.57. The van der Waals surface area contributed by atoms with E-state index in [1.165, 1.54) is 0 Å². The molecule has 0 spiro atoms. The largest absolute Gasteiger partial charge is 0.433 e. The number of nitrogens with zero attached hydrogens (tertiary/aromatic N) is 5. The molecule has 9 heteroatoms. The van der Waals surface area contributed by atoms with Crippen LogP contribution in [-0.2, 0) is 10.3 Å². The number of piperidine rings is 1. The predicted octanol–water partition coefficient (Wildman–Crippen LogP) is 2.90. The van der Waals surface area contributed by atoms with Crippen molar-refractivity contribution in [2.45, 2.75) is 37.8 Å². The lowest BCUT2D eigenvalue weighted by Crippen LogP contribution is -2.31. The zero-order valence-corrected chi connectivity index (χ0v) is 19.1. The van der Waals surface area contributed by atoms with Crippen LogP contribution in [-0.4, -0.2) is 63.1 Å². The monoisotopic (exact) mass is 450 g/mol. The number of likely N-dealkylation sites (tertiary alicyclic amines) is 1. The number of hydrogen-bond acceptors (Lipinski definition) is 8. The molecule has 0 bridgehead atoms. The number of anilines is 1. The smallest absolute Gasteiger partial charge is 0.263 e. The molecule has 0 amide bonds. The molecule has 0 aliphatic carbocycles. The molecule has 2 fully saturated rings. The molecule has 174 valence electrons. The second-order valence-electron chi connectivity index (χ2n) is 9.16. The molecular formula is C24H30N6O3. The summed E-state index contributed by atoms with van der Waals surface area (Å²) in [6.07, 6.45) is 7.89. The van der Waals surface area contributed by atoms with E-state index in [1.807, 2.05) is 36.0 Å². The van der Waals surface area contributed by atoms with Crippen molar-refractivity contribution in [1.82, 2.24) is 24.6 Å². The quantitative estimate of drug-likeness (QED) is 0.610. The summed E-state index contributed by atoms with van der Waals surface area (Å²) in [7, 11) is 2.14. The van der Waals surface area contributed by atoms with Crippen molar-refractivity contribution >= 4 is 5.82 Å². The highest BCUT2D eigenvalue weighted by atomic mass is 16.5. The SMILES string of the molecule is Cc1cc(-c2cnc(N)c(Oc3cnn(C4CCN(C)CC4)c3)n2)cc([C@]2(O)CCOC2)c1. The normalized spacial score (nSPS) is 22.0. The van der Waals surface area contributed by atoms with Crippen LogP contribution >= 0.6 is 0 Å². The molecule has 2 saturated heterocycles. The summed E-state index contributed by atoms with van der Waals surface area (Å²) >= 11 is 0. The van der Waals surface area contributed by atoms with Gasteiger partial charge >= 0.3 is 0 Å². The fraction of sp³-hybridized carbons (Fsp3) is 0.458. The molecular weight excluding hydrogens is 420 g/mol. The number of nitrogens with two attached hydrogens (primary N) is 1.